The van der Waals surface area contributed by atoms with Crippen LogP contribution in [0.5, 0.6) is 0 Å². The molecule has 0 aliphatic carbocycles. The second kappa shape index (κ2) is 9.08. The molecule has 1 unspecified atom stereocenters. The first-order chi connectivity index (χ1) is 9.68. The highest BCUT2D eigenvalue weighted by molar-refractivity contribution is 5.25. The van der Waals surface area contributed by atoms with Crippen LogP contribution in [-0.2, 0) is 10.3 Å². The van der Waals surface area contributed by atoms with E-state index in [9.17, 15) is 5.11 Å². The molecule has 1 aromatic carbocycles. The summed E-state index contributed by atoms with van der Waals surface area (Å²) in [6, 6.07) is 10.1. The van der Waals surface area contributed by atoms with E-state index in [0.29, 0.717) is 0 Å². The molecule has 4 nitrogen and oxygen atoms in total. The van der Waals surface area contributed by atoms with E-state index in [-0.39, 0.29) is 6.61 Å². The number of hydrogen-bond acceptors (Lipinski definition) is 4. The molecule has 0 radical (unpaired) electrons. The zero-order valence-electron chi connectivity index (χ0n) is 12.9. The highest BCUT2D eigenvalue weighted by Crippen LogP contribution is 2.21. The third-order valence-corrected chi connectivity index (χ3v) is 3.47. The van der Waals surface area contributed by atoms with Gasteiger partial charge in [0.05, 0.1) is 18.8 Å². The molecule has 0 saturated heterocycles. The predicted octanol–water partition coefficient (Wildman–Crippen LogP) is 1.45. The van der Waals surface area contributed by atoms with Crippen molar-refractivity contribution in [1.82, 2.24) is 10.2 Å². The van der Waals surface area contributed by atoms with Crippen molar-refractivity contribution < 1.29 is 9.84 Å². The summed E-state index contributed by atoms with van der Waals surface area (Å²) in [5.41, 5.74) is 0.698. The van der Waals surface area contributed by atoms with Crippen LogP contribution < -0.4 is 5.32 Å². The molecule has 1 rings (SSSR count). The lowest BCUT2D eigenvalue weighted by atomic mass is 9.90. The minimum Gasteiger partial charge on any atom is -0.394 e. The Morgan fingerprint density at radius 1 is 1.25 bits per heavy atom. The lowest BCUT2D eigenvalue weighted by Crippen LogP contribution is -2.53. The molecule has 4 heteroatoms. The van der Waals surface area contributed by atoms with Crippen molar-refractivity contribution in [3.63, 3.8) is 0 Å². The zero-order chi connectivity index (χ0) is 14.8. The monoisotopic (exact) mass is 280 g/mol. The number of nitrogens with one attached hydrogen (secondary N) is 1. The molecule has 0 aromatic heterocycles. The highest BCUT2D eigenvalue weighted by atomic mass is 16.5. The van der Waals surface area contributed by atoms with Gasteiger partial charge in [0.15, 0.2) is 0 Å². The number of benzene rings is 1. The standard InChI is InChI=1S/C16H28N2O2/c1-4-17-16(14-19,15-9-7-6-8-10-15)13-18(3)11-12-20-5-2/h6-10,17,19H,4-5,11-14H2,1-3H3. The summed E-state index contributed by atoms with van der Waals surface area (Å²) in [5, 5.41) is 13.4. The van der Waals surface area contributed by atoms with Gasteiger partial charge in [0.1, 0.15) is 0 Å². The number of aliphatic hydroxyl groups is 1. The van der Waals surface area contributed by atoms with Gasteiger partial charge in [0.25, 0.3) is 0 Å². The van der Waals surface area contributed by atoms with E-state index in [4.69, 9.17) is 4.74 Å². The zero-order valence-corrected chi connectivity index (χ0v) is 12.9. The third kappa shape index (κ3) is 4.87. The number of likely N-dealkylation sites (N-methyl/N-ethyl adjacent to an activating group) is 2. The smallest absolute Gasteiger partial charge is 0.0797 e. The number of nitrogens with zero attached hydrogens (tertiary/aromatic N) is 1. The third-order valence-electron chi connectivity index (χ3n) is 3.47. The second-order valence-electron chi connectivity index (χ2n) is 5.07. The Kier molecular flexibility index (Phi) is 7.77. The topological polar surface area (TPSA) is 44.7 Å². The van der Waals surface area contributed by atoms with Crippen molar-refractivity contribution in [2.45, 2.75) is 19.4 Å². The van der Waals surface area contributed by atoms with Gasteiger partial charge in [-0.3, -0.25) is 0 Å². The molecular weight excluding hydrogens is 252 g/mol. The van der Waals surface area contributed by atoms with E-state index in [1.807, 2.05) is 25.1 Å². The molecule has 0 fully saturated rings. The van der Waals surface area contributed by atoms with E-state index in [1.165, 1.54) is 0 Å². The Labute approximate surface area is 122 Å². The fourth-order valence-corrected chi connectivity index (χ4v) is 2.45. The maximum absolute atomic E-state index is 9.96. The Bertz CT molecular complexity index is 359. The summed E-state index contributed by atoms with van der Waals surface area (Å²) in [6.45, 7) is 8.01. The van der Waals surface area contributed by atoms with Crippen molar-refractivity contribution in [1.29, 1.82) is 0 Å². The molecule has 1 aromatic rings. The molecule has 0 bridgehead atoms. The van der Waals surface area contributed by atoms with Crippen molar-refractivity contribution in [2.75, 3.05) is 46.5 Å². The van der Waals surface area contributed by atoms with E-state index in [0.717, 1.165) is 38.4 Å². The van der Waals surface area contributed by atoms with Crippen molar-refractivity contribution in [3.8, 4) is 0 Å². The SMILES string of the molecule is CCNC(CO)(CN(C)CCOCC)c1ccccc1. The summed E-state index contributed by atoms with van der Waals surface area (Å²) < 4.78 is 5.39. The molecule has 0 amide bonds. The van der Waals surface area contributed by atoms with Gasteiger partial charge in [-0.05, 0) is 26.1 Å². The quantitative estimate of drug-likeness (QED) is 0.637. The number of aliphatic hydroxyl groups excluding tert-OH is 1. The summed E-state index contributed by atoms with van der Waals surface area (Å²) in [7, 11) is 2.06. The summed E-state index contributed by atoms with van der Waals surface area (Å²) in [6.07, 6.45) is 0. The molecule has 20 heavy (non-hydrogen) atoms. The molecular formula is C16H28N2O2. The average Bonchev–Trinajstić information content (AvgIpc) is 2.48. The van der Waals surface area contributed by atoms with Crippen molar-refractivity contribution in [2.24, 2.45) is 0 Å². The summed E-state index contributed by atoms with van der Waals surface area (Å²) in [4.78, 5) is 2.20. The number of rotatable bonds is 10. The van der Waals surface area contributed by atoms with Crippen molar-refractivity contribution >= 4 is 0 Å². The molecule has 0 saturated carbocycles. The maximum atomic E-state index is 9.96. The van der Waals surface area contributed by atoms with E-state index >= 15 is 0 Å². The first kappa shape index (κ1) is 17.1. The largest absolute Gasteiger partial charge is 0.394 e. The van der Waals surface area contributed by atoms with Gasteiger partial charge < -0.3 is 20.1 Å². The van der Waals surface area contributed by atoms with Crippen LogP contribution in [0.1, 0.15) is 19.4 Å². The first-order valence-electron chi connectivity index (χ1n) is 7.36. The minimum absolute atomic E-state index is 0.0732. The second-order valence-corrected chi connectivity index (χ2v) is 5.07. The van der Waals surface area contributed by atoms with Crippen LogP contribution in [0, 0.1) is 0 Å². The lowest BCUT2D eigenvalue weighted by molar-refractivity contribution is 0.0866. The van der Waals surface area contributed by atoms with E-state index < -0.39 is 5.54 Å². The number of hydrogen-bond donors (Lipinski definition) is 2. The van der Waals surface area contributed by atoms with Crippen LogP contribution in [0.2, 0.25) is 0 Å². The van der Waals surface area contributed by atoms with Crippen molar-refractivity contribution in [3.05, 3.63) is 35.9 Å². The Morgan fingerprint density at radius 2 is 1.95 bits per heavy atom. The Balaban J connectivity index is 2.78. The van der Waals surface area contributed by atoms with E-state index in [2.05, 4.69) is 36.3 Å². The van der Waals surface area contributed by atoms with Gasteiger partial charge in [-0.1, -0.05) is 37.3 Å². The molecule has 0 aliphatic rings. The van der Waals surface area contributed by atoms with Gasteiger partial charge in [-0.2, -0.15) is 0 Å². The molecule has 0 aliphatic heterocycles. The Morgan fingerprint density at radius 3 is 2.50 bits per heavy atom. The summed E-state index contributed by atoms with van der Waals surface area (Å²) in [5.74, 6) is 0. The molecule has 1 atom stereocenters. The van der Waals surface area contributed by atoms with Crippen LogP contribution in [0.3, 0.4) is 0 Å². The first-order valence-corrected chi connectivity index (χ1v) is 7.36. The van der Waals surface area contributed by atoms with Crippen LogP contribution in [-0.4, -0.2) is 56.5 Å². The van der Waals surface area contributed by atoms with Gasteiger partial charge in [-0.25, -0.2) is 0 Å². The molecule has 0 spiro atoms. The van der Waals surface area contributed by atoms with Crippen LogP contribution in [0.15, 0.2) is 30.3 Å². The Hall–Kier alpha value is -0.940. The number of ether oxygens (including phenoxy) is 1. The maximum Gasteiger partial charge on any atom is 0.0797 e. The molecule has 114 valence electrons. The van der Waals surface area contributed by atoms with Crippen LogP contribution >= 0.6 is 0 Å². The summed E-state index contributed by atoms with van der Waals surface area (Å²) >= 11 is 0. The fraction of sp³-hybridized carbons (Fsp3) is 0.625. The predicted molar refractivity (Wildman–Crippen MR) is 82.9 cm³/mol. The van der Waals surface area contributed by atoms with E-state index in [1.54, 1.807) is 0 Å². The van der Waals surface area contributed by atoms with Gasteiger partial charge in [0, 0.05) is 19.7 Å². The van der Waals surface area contributed by atoms with Gasteiger partial charge in [0.2, 0.25) is 0 Å². The minimum atomic E-state index is -0.420. The van der Waals surface area contributed by atoms with Gasteiger partial charge in [-0.15, -0.1) is 0 Å². The van der Waals surface area contributed by atoms with Gasteiger partial charge >= 0.3 is 0 Å². The highest BCUT2D eigenvalue weighted by Gasteiger charge is 2.31. The fourth-order valence-electron chi connectivity index (χ4n) is 2.45. The normalized spacial score (nSPS) is 14.4. The molecule has 0 heterocycles. The molecule has 2 N–H and O–H groups in total. The average molecular weight is 280 g/mol. The lowest BCUT2D eigenvalue weighted by Gasteiger charge is -2.37. The van der Waals surface area contributed by atoms with Crippen LogP contribution in [0.25, 0.3) is 0 Å². The van der Waals surface area contributed by atoms with Crippen LogP contribution in [0.4, 0.5) is 0 Å².